The van der Waals surface area contributed by atoms with E-state index >= 15 is 0 Å². The molecule has 0 spiro atoms. The molecule has 0 rings (SSSR count). The number of hydrogen-bond acceptors (Lipinski definition) is 4. The van der Waals surface area contributed by atoms with Crippen molar-refractivity contribution in [2.24, 2.45) is 5.73 Å². The largest absolute Gasteiger partial charge is 0.385 e. The van der Waals surface area contributed by atoms with E-state index < -0.39 is 6.04 Å². The first-order valence-electron chi connectivity index (χ1n) is 5.73. The number of rotatable bonds is 10. The molecule has 0 radical (unpaired) electrons. The van der Waals surface area contributed by atoms with Gasteiger partial charge in [-0.3, -0.25) is 4.79 Å². The van der Waals surface area contributed by atoms with Crippen LogP contribution < -0.4 is 11.1 Å². The fourth-order valence-corrected chi connectivity index (χ4v) is 1.29. The molecule has 5 nitrogen and oxygen atoms in total. The number of nitrogens with one attached hydrogen (secondary N) is 1. The molecular weight excluding hydrogens is 208 g/mol. The van der Waals surface area contributed by atoms with Crippen molar-refractivity contribution < 1.29 is 14.3 Å². The fraction of sp³-hybridized carbons (Fsp3) is 0.909. The van der Waals surface area contributed by atoms with Crippen molar-refractivity contribution in [3.63, 3.8) is 0 Å². The highest BCUT2D eigenvalue weighted by atomic mass is 16.5. The molecule has 1 amide bonds. The van der Waals surface area contributed by atoms with E-state index in [-0.39, 0.29) is 5.91 Å². The van der Waals surface area contributed by atoms with Crippen molar-refractivity contribution in [2.75, 3.05) is 34.0 Å². The smallest absolute Gasteiger partial charge is 0.236 e. The topological polar surface area (TPSA) is 73.6 Å². The van der Waals surface area contributed by atoms with E-state index in [0.29, 0.717) is 19.6 Å². The summed E-state index contributed by atoms with van der Waals surface area (Å²) in [7, 11) is 3.31. The van der Waals surface area contributed by atoms with E-state index in [4.69, 9.17) is 15.2 Å². The average Bonchev–Trinajstić information content (AvgIpc) is 2.28. The van der Waals surface area contributed by atoms with E-state index in [1.54, 1.807) is 14.2 Å². The Labute approximate surface area is 97.7 Å². The van der Waals surface area contributed by atoms with Gasteiger partial charge in [0.1, 0.15) is 0 Å². The standard InChI is InChI=1S/C11H24N2O3/c1-15-8-4-3-7-13-11(14)10(12)6-5-9-16-2/h10H,3-9,12H2,1-2H3,(H,13,14). The van der Waals surface area contributed by atoms with Gasteiger partial charge in [-0.1, -0.05) is 0 Å². The van der Waals surface area contributed by atoms with Gasteiger partial charge in [-0.2, -0.15) is 0 Å². The van der Waals surface area contributed by atoms with Crippen molar-refractivity contribution in [2.45, 2.75) is 31.7 Å². The first-order valence-corrected chi connectivity index (χ1v) is 5.73. The van der Waals surface area contributed by atoms with Crippen LogP contribution >= 0.6 is 0 Å². The molecule has 0 heterocycles. The highest BCUT2D eigenvalue weighted by Crippen LogP contribution is 1.95. The Hall–Kier alpha value is -0.650. The normalized spacial score (nSPS) is 12.4. The van der Waals surface area contributed by atoms with Crippen LogP contribution in [0, 0.1) is 0 Å². The minimum absolute atomic E-state index is 0.0754. The fourth-order valence-electron chi connectivity index (χ4n) is 1.29. The van der Waals surface area contributed by atoms with Crippen LogP contribution in [0.1, 0.15) is 25.7 Å². The van der Waals surface area contributed by atoms with Crippen LogP contribution in [-0.2, 0) is 14.3 Å². The van der Waals surface area contributed by atoms with Crippen molar-refractivity contribution in [1.29, 1.82) is 0 Å². The van der Waals surface area contributed by atoms with Crippen LogP contribution in [0.25, 0.3) is 0 Å². The van der Waals surface area contributed by atoms with Crippen LogP contribution in [0.15, 0.2) is 0 Å². The van der Waals surface area contributed by atoms with Gasteiger partial charge < -0.3 is 20.5 Å². The lowest BCUT2D eigenvalue weighted by molar-refractivity contribution is -0.122. The Morgan fingerprint density at radius 1 is 1.19 bits per heavy atom. The van der Waals surface area contributed by atoms with E-state index in [1.807, 2.05) is 0 Å². The Morgan fingerprint density at radius 2 is 1.81 bits per heavy atom. The molecule has 1 unspecified atom stereocenters. The third kappa shape index (κ3) is 8.64. The molecule has 0 saturated carbocycles. The maximum absolute atomic E-state index is 11.5. The third-order valence-electron chi connectivity index (χ3n) is 2.27. The Balaban J connectivity index is 3.40. The lowest BCUT2D eigenvalue weighted by atomic mass is 10.1. The van der Waals surface area contributed by atoms with Crippen LogP contribution in [0.4, 0.5) is 0 Å². The summed E-state index contributed by atoms with van der Waals surface area (Å²) in [6, 6.07) is -0.419. The SMILES string of the molecule is COCCCCNC(=O)C(N)CCCOC. The van der Waals surface area contributed by atoms with Gasteiger partial charge in [0.05, 0.1) is 6.04 Å². The zero-order chi connectivity index (χ0) is 12.2. The number of hydrogen-bond donors (Lipinski definition) is 2. The molecule has 0 aromatic carbocycles. The van der Waals surface area contributed by atoms with Crippen molar-refractivity contribution >= 4 is 5.91 Å². The Morgan fingerprint density at radius 3 is 2.44 bits per heavy atom. The molecule has 1 atom stereocenters. The maximum Gasteiger partial charge on any atom is 0.236 e. The molecule has 0 aromatic heterocycles. The van der Waals surface area contributed by atoms with Gasteiger partial charge in [0.2, 0.25) is 5.91 Å². The molecule has 0 aromatic rings. The summed E-state index contributed by atoms with van der Waals surface area (Å²) in [6.07, 6.45) is 3.35. The molecule has 0 aliphatic carbocycles. The first kappa shape index (κ1) is 15.3. The van der Waals surface area contributed by atoms with Gasteiger partial charge in [-0.15, -0.1) is 0 Å². The second-order valence-corrected chi connectivity index (χ2v) is 3.73. The summed E-state index contributed by atoms with van der Waals surface area (Å²) in [4.78, 5) is 11.5. The number of unbranched alkanes of at least 4 members (excludes halogenated alkanes) is 1. The molecule has 16 heavy (non-hydrogen) atoms. The van der Waals surface area contributed by atoms with Crippen LogP contribution in [0.3, 0.4) is 0 Å². The highest BCUT2D eigenvalue weighted by Gasteiger charge is 2.11. The van der Waals surface area contributed by atoms with Gasteiger partial charge in [-0.25, -0.2) is 0 Å². The minimum atomic E-state index is -0.419. The zero-order valence-electron chi connectivity index (χ0n) is 10.3. The lowest BCUT2D eigenvalue weighted by Crippen LogP contribution is -2.41. The van der Waals surface area contributed by atoms with E-state index in [9.17, 15) is 4.79 Å². The van der Waals surface area contributed by atoms with E-state index in [1.165, 1.54) is 0 Å². The number of methoxy groups -OCH3 is 2. The second-order valence-electron chi connectivity index (χ2n) is 3.73. The van der Waals surface area contributed by atoms with Crippen molar-refractivity contribution in [1.82, 2.24) is 5.32 Å². The van der Waals surface area contributed by atoms with Crippen LogP contribution in [-0.4, -0.2) is 45.9 Å². The molecule has 0 saturated heterocycles. The number of ether oxygens (including phenoxy) is 2. The van der Waals surface area contributed by atoms with E-state index in [0.717, 1.165) is 25.9 Å². The summed E-state index contributed by atoms with van der Waals surface area (Å²) >= 11 is 0. The quantitative estimate of drug-likeness (QED) is 0.531. The second kappa shape index (κ2) is 10.9. The van der Waals surface area contributed by atoms with Crippen molar-refractivity contribution in [3.8, 4) is 0 Å². The highest BCUT2D eigenvalue weighted by molar-refractivity contribution is 5.81. The van der Waals surface area contributed by atoms with Crippen molar-refractivity contribution in [3.05, 3.63) is 0 Å². The van der Waals surface area contributed by atoms with Gasteiger partial charge in [0.25, 0.3) is 0 Å². The lowest BCUT2D eigenvalue weighted by Gasteiger charge is -2.11. The Kier molecular flexibility index (Phi) is 10.4. The number of amides is 1. The summed E-state index contributed by atoms with van der Waals surface area (Å²) in [5.41, 5.74) is 5.71. The summed E-state index contributed by atoms with van der Waals surface area (Å²) < 4.78 is 9.81. The molecule has 0 aliphatic heterocycles. The molecule has 5 heteroatoms. The van der Waals surface area contributed by atoms with Crippen LogP contribution in [0.5, 0.6) is 0 Å². The molecular formula is C11H24N2O3. The summed E-state index contributed by atoms with van der Waals surface area (Å²) in [5, 5.41) is 2.81. The Bertz CT molecular complexity index is 177. The van der Waals surface area contributed by atoms with Gasteiger partial charge in [0.15, 0.2) is 0 Å². The molecule has 3 N–H and O–H groups in total. The zero-order valence-corrected chi connectivity index (χ0v) is 10.3. The predicted octanol–water partition coefficient (Wildman–Crippen LogP) is 0.283. The third-order valence-corrected chi connectivity index (χ3v) is 2.27. The van der Waals surface area contributed by atoms with Gasteiger partial charge >= 0.3 is 0 Å². The van der Waals surface area contributed by atoms with E-state index in [2.05, 4.69) is 5.32 Å². The number of nitrogens with two attached hydrogens (primary N) is 1. The molecule has 0 aliphatic rings. The van der Waals surface area contributed by atoms with Gasteiger partial charge in [-0.05, 0) is 25.7 Å². The number of carbonyl (C=O) groups excluding carboxylic acids is 1. The first-order chi connectivity index (χ1) is 7.72. The average molecular weight is 232 g/mol. The molecule has 0 bridgehead atoms. The van der Waals surface area contributed by atoms with Crippen LogP contribution in [0.2, 0.25) is 0 Å². The molecule has 0 fully saturated rings. The van der Waals surface area contributed by atoms with Gasteiger partial charge in [0, 0.05) is 34.0 Å². The predicted molar refractivity (Wildman–Crippen MR) is 63.2 cm³/mol. The number of carbonyl (C=O) groups is 1. The summed E-state index contributed by atoms with van der Waals surface area (Å²) in [6.45, 7) is 2.05. The monoisotopic (exact) mass is 232 g/mol. The minimum Gasteiger partial charge on any atom is -0.385 e. The molecule has 96 valence electrons. The maximum atomic E-state index is 11.5. The summed E-state index contributed by atoms with van der Waals surface area (Å²) in [5.74, 6) is -0.0754.